The minimum atomic E-state index is -0.497. The van der Waals surface area contributed by atoms with E-state index >= 15 is 0 Å². The zero-order chi connectivity index (χ0) is 24.2. The number of allylic oxidation sites excluding steroid dienone is 1. The van der Waals surface area contributed by atoms with E-state index in [1.807, 2.05) is 4.57 Å². The quantitative estimate of drug-likeness (QED) is 0.209. The fourth-order valence-corrected chi connectivity index (χ4v) is 5.16. The molecule has 0 fully saturated rings. The molecule has 4 aromatic rings. The Morgan fingerprint density at radius 3 is 2.79 bits per heavy atom. The van der Waals surface area contributed by atoms with E-state index in [1.54, 1.807) is 13.0 Å². The predicted molar refractivity (Wildman–Crippen MR) is 127 cm³/mol. The van der Waals surface area contributed by atoms with Crippen LogP contribution >= 0.6 is 23.1 Å². The first-order valence-electron chi connectivity index (χ1n) is 10.1. The van der Waals surface area contributed by atoms with Crippen molar-refractivity contribution in [2.45, 2.75) is 31.0 Å². The van der Waals surface area contributed by atoms with Gasteiger partial charge in [0.25, 0.3) is 5.56 Å². The maximum atomic E-state index is 13.1. The highest BCUT2D eigenvalue weighted by molar-refractivity contribution is 7.98. The number of nitrogens with one attached hydrogen (secondary N) is 1. The summed E-state index contributed by atoms with van der Waals surface area (Å²) in [4.78, 5) is 32.7. The van der Waals surface area contributed by atoms with E-state index in [0.717, 1.165) is 11.3 Å². The van der Waals surface area contributed by atoms with Crippen LogP contribution in [0.15, 0.2) is 46.9 Å². The van der Waals surface area contributed by atoms with Crippen molar-refractivity contribution >= 4 is 39.3 Å². The standard InChI is InChI=1S/C22H20FN5O4S2/c1-4-9-28-16(10-32-14-7-5-13(23)6-8-14)26-27-22(28)33-11-15-24-19(29)17-12(2)18(21(30)31-3)34-20(17)25-15/h4-8H,1,9-11H2,2-3H3,(H,24,25,29). The van der Waals surface area contributed by atoms with Crippen LogP contribution in [0.4, 0.5) is 4.39 Å². The van der Waals surface area contributed by atoms with Crippen LogP contribution in [0.5, 0.6) is 5.75 Å². The van der Waals surface area contributed by atoms with Gasteiger partial charge in [-0.25, -0.2) is 14.2 Å². The van der Waals surface area contributed by atoms with Gasteiger partial charge in [-0.15, -0.1) is 28.1 Å². The van der Waals surface area contributed by atoms with Crippen molar-refractivity contribution in [1.29, 1.82) is 0 Å². The summed E-state index contributed by atoms with van der Waals surface area (Å²) in [5.41, 5.74) is 0.238. The molecule has 0 unspecified atom stereocenters. The monoisotopic (exact) mass is 501 g/mol. The molecule has 0 aliphatic rings. The Labute approximate surface area is 201 Å². The van der Waals surface area contributed by atoms with Gasteiger partial charge in [-0.3, -0.25) is 9.36 Å². The molecular formula is C22H20FN5O4S2. The molecule has 0 bridgehead atoms. The van der Waals surface area contributed by atoms with Gasteiger partial charge in [0.05, 0.1) is 18.2 Å². The second-order valence-corrected chi connectivity index (χ2v) is 9.01. The summed E-state index contributed by atoms with van der Waals surface area (Å²) in [6.07, 6.45) is 1.71. The first-order chi connectivity index (χ1) is 16.4. The van der Waals surface area contributed by atoms with Gasteiger partial charge in [0.15, 0.2) is 11.0 Å². The number of carbonyl (C=O) groups excluding carboxylic acids is 1. The summed E-state index contributed by atoms with van der Waals surface area (Å²) in [5.74, 6) is 1.01. The molecule has 4 rings (SSSR count). The fraction of sp³-hybridized carbons (Fsp3) is 0.227. The number of esters is 1. The van der Waals surface area contributed by atoms with Crippen molar-refractivity contribution in [3.05, 3.63) is 75.2 Å². The number of nitrogens with zero attached hydrogens (tertiary/aromatic N) is 4. The van der Waals surface area contributed by atoms with Crippen molar-refractivity contribution < 1.29 is 18.7 Å². The third-order valence-corrected chi connectivity index (χ3v) is 6.99. The largest absolute Gasteiger partial charge is 0.486 e. The van der Waals surface area contributed by atoms with Gasteiger partial charge in [-0.1, -0.05) is 17.8 Å². The summed E-state index contributed by atoms with van der Waals surface area (Å²) in [5, 5.41) is 9.40. The molecule has 3 heterocycles. The maximum absolute atomic E-state index is 13.1. The number of aromatic amines is 1. The molecule has 0 saturated heterocycles. The molecule has 0 radical (unpaired) electrons. The predicted octanol–water partition coefficient (Wildman–Crippen LogP) is 3.87. The van der Waals surface area contributed by atoms with Gasteiger partial charge >= 0.3 is 5.97 Å². The zero-order valence-electron chi connectivity index (χ0n) is 18.3. The number of H-pyrrole nitrogens is 1. The van der Waals surface area contributed by atoms with Gasteiger partial charge in [0.1, 0.15) is 33.7 Å². The highest BCUT2D eigenvalue weighted by atomic mass is 32.2. The molecule has 3 aromatic heterocycles. The number of thiophene rings is 1. The molecule has 0 aliphatic carbocycles. The average molecular weight is 502 g/mol. The summed E-state index contributed by atoms with van der Waals surface area (Å²) < 4.78 is 25.4. The fourth-order valence-electron chi connectivity index (χ4n) is 3.20. The number of hydrogen-bond acceptors (Lipinski definition) is 9. The second kappa shape index (κ2) is 10.2. The lowest BCUT2D eigenvalue weighted by atomic mass is 10.2. The van der Waals surface area contributed by atoms with Crippen LogP contribution in [-0.2, 0) is 23.6 Å². The topological polar surface area (TPSA) is 112 Å². The Balaban J connectivity index is 1.52. The van der Waals surface area contributed by atoms with Crippen molar-refractivity contribution in [2.75, 3.05) is 7.11 Å². The van der Waals surface area contributed by atoms with E-state index < -0.39 is 5.97 Å². The SMILES string of the molecule is C=CCn1c(COc2ccc(F)cc2)nnc1SCc1nc2sc(C(=O)OC)c(C)c2c(=O)[nH]1. The number of aryl methyl sites for hydroxylation is 1. The first kappa shape index (κ1) is 23.6. The minimum Gasteiger partial charge on any atom is -0.486 e. The van der Waals surface area contributed by atoms with E-state index in [2.05, 4.69) is 26.7 Å². The van der Waals surface area contributed by atoms with Crippen LogP contribution in [0.2, 0.25) is 0 Å². The number of ether oxygens (including phenoxy) is 2. The molecule has 12 heteroatoms. The third-order valence-electron chi connectivity index (χ3n) is 4.85. The number of rotatable bonds is 9. The molecule has 0 atom stereocenters. The van der Waals surface area contributed by atoms with Gasteiger partial charge < -0.3 is 14.5 Å². The van der Waals surface area contributed by atoms with Crippen LogP contribution in [0.3, 0.4) is 0 Å². The van der Waals surface area contributed by atoms with Gasteiger partial charge in [-0.2, -0.15) is 0 Å². The second-order valence-electron chi connectivity index (χ2n) is 7.07. The lowest BCUT2D eigenvalue weighted by Gasteiger charge is -2.09. The van der Waals surface area contributed by atoms with Gasteiger partial charge in [0, 0.05) is 6.54 Å². The molecule has 34 heavy (non-hydrogen) atoms. The normalized spacial score (nSPS) is 11.0. The van der Waals surface area contributed by atoms with E-state index in [1.165, 1.54) is 43.1 Å². The van der Waals surface area contributed by atoms with E-state index in [4.69, 9.17) is 9.47 Å². The maximum Gasteiger partial charge on any atom is 0.348 e. The van der Waals surface area contributed by atoms with Crippen LogP contribution in [0.25, 0.3) is 10.2 Å². The number of fused-ring (bicyclic) bond motifs is 1. The summed E-state index contributed by atoms with van der Waals surface area (Å²) >= 11 is 2.47. The van der Waals surface area contributed by atoms with Crippen molar-refractivity contribution in [2.24, 2.45) is 0 Å². The highest BCUT2D eigenvalue weighted by Crippen LogP contribution is 2.28. The number of hydrogen-bond donors (Lipinski definition) is 1. The van der Waals surface area contributed by atoms with E-state index in [0.29, 0.717) is 55.5 Å². The first-order valence-corrected chi connectivity index (χ1v) is 11.9. The number of carbonyl (C=O) groups is 1. The Hall–Kier alpha value is -3.51. The summed E-state index contributed by atoms with van der Waals surface area (Å²) in [6, 6.07) is 5.71. The van der Waals surface area contributed by atoms with Crippen LogP contribution in [0, 0.1) is 12.7 Å². The van der Waals surface area contributed by atoms with E-state index in [-0.39, 0.29) is 18.0 Å². The molecule has 1 N–H and O–H groups in total. The summed E-state index contributed by atoms with van der Waals surface area (Å²) in [7, 11) is 1.30. The Bertz CT molecular complexity index is 1410. The molecular weight excluding hydrogens is 481 g/mol. The Kier molecular flexibility index (Phi) is 7.08. The number of halogens is 1. The molecule has 9 nitrogen and oxygen atoms in total. The summed E-state index contributed by atoms with van der Waals surface area (Å²) in [6.45, 7) is 6.06. The van der Waals surface area contributed by atoms with Gasteiger partial charge in [0.2, 0.25) is 0 Å². The Morgan fingerprint density at radius 2 is 2.09 bits per heavy atom. The zero-order valence-corrected chi connectivity index (χ0v) is 20.0. The molecule has 0 saturated carbocycles. The third kappa shape index (κ3) is 4.87. The van der Waals surface area contributed by atoms with Crippen LogP contribution in [0.1, 0.15) is 26.9 Å². The molecule has 0 aliphatic heterocycles. The van der Waals surface area contributed by atoms with E-state index in [9.17, 15) is 14.0 Å². The number of benzene rings is 1. The number of methoxy groups -OCH3 is 1. The lowest BCUT2D eigenvalue weighted by Crippen LogP contribution is -2.11. The molecule has 176 valence electrons. The molecule has 0 spiro atoms. The van der Waals surface area contributed by atoms with Crippen molar-refractivity contribution in [1.82, 2.24) is 24.7 Å². The van der Waals surface area contributed by atoms with Crippen LogP contribution < -0.4 is 10.3 Å². The minimum absolute atomic E-state index is 0.138. The molecule has 1 aromatic carbocycles. The average Bonchev–Trinajstić information content (AvgIpc) is 3.37. The van der Waals surface area contributed by atoms with Gasteiger partial charge in [-0.05, 0) is 36.8 Å². The highest BCUT2D eigenvalue weighted by Gasteiger charge is 2.20. The molecule has 0 amide bonds. The number of aromatic nitrogens is 5. The smallest absolute Gasteiger partial charge is 0.348 e. The van der Waals surface area contributed by atoms with Crippen molar-refractivity contribution in [3.8, 4) is 5.75 Å². The number of thioether (sulfide) groups is 1. The van der Waals surface area contributed by atoms with Crippen molar-refractivity contribution in [3.63, 3.8) is 0 Å². The lowest BCUT2D eigenvalue weighted by molar-refractivity contribution is 0.0605. The Morgan fingerprint density at radius 1 is 1.32 bits per heavy atom. The van der Waals surface area contributed by atoms with Crippen LogP contribution in [-0.4, -0.2) is 37.8 Å².